The molecule has 2 N–H and O–H groups in total. The van der Waals surface area contributed by atoms with Crippen LogP contribution in [0, 0.1) is 13.8 Å². The molecule has 0 saturated carbocycles. The third kappa shape index (κ3) is 3.75. The van der Waals surface area contributed by atoms with Crippen LogP contribution in [-0.4, -0.2) is 27.0 Å². The fourth-order valence-corrected chi connectivity index (χ4v) is 3.09. The van der Waals surface area contributed by atoms with E-state index in [0.717, 1.165) is 27.6 Å². The number of aromatic nitrogens is 2. The van der Waals surface area contributed by atoms with Crippen molar-refractivity contribution in [2.75, 3.05) is 7.05 Å². The van der Waals surface area contributed by atoms with Gasteiger partial charge in [0.05, 0.1) is 12.1 Å². The first-order valence-corrected chi connectivity index (χ1v) is 8.88. The molecule has 5 nitrogen and oxygen atoms in total. The topological polar surface area (TPSA) is 61.0 Å². The second-order valence-corrected chi connectivity index (χ2v) is 6.75. The summed E-state index contributed by atoms with van der Waals surface area (Å²) in [6.07, 6.45) is 3.55. The second-order valence-electron chi connectivity index (χ2n) is 6.37. The summed E-state index contributed by atoms with van der Waals surface area (Å²) < 4.78 is 0. The van der Waals surface area contributed by atoms with Crippen LogP contribution in [0.25, 0.3) is 10.9 Å². The lowest BCUT2D eigenvalue weighted by Crippen LogP contribution is -2.38. The first kappa shape index (κ1) is 18.1. The highest BCUT2D eigenvalue weighted by Gasteiger charge is 2.14. The van der Waals surface area contributed by atoms with E-state index in [1.54, 1.807) is 13.2 Å². The van der Waals surface area contributed by atoms with E-state index < -0.39 is 0 Å². The Labute approximate surface area is 158 Å². The summed E-state index contributed by atoms with van der Waals surface area (Å²) in [7, 11) is 1.79. The van der Waals surface area contributed by atoms with Crippen molar-refractivity contribution in [3.63, 3.8) is 0 Å². The SMILES string of the molecule is CNC(=S)N(Cc1cccnc1)Cc1cc2ccc(C)c(C)c2[nH]c1=O. The molecule has 0 amide bonds. The van der Waals surface area contributed by atoms with E-state index >= 15 is 0 Å². The zero-order chi connectivity index (χ0) is 18.7. The maximum absolute atomic E-state index is 12.6. The van der Waals surface area contributed by atoms with E-state index in [-0.39, 0.29) is 5.56 Å². The minimum absolute atomic E-state index is 0.0821. The fourth-order valence-electron chi connectivity index (χ4n) is 2.96. The average Bonchev–Trinajstić information content (AvgIpc) is 2.65. The van der Waals surface area contributed by atoms with Crippen LogP contribution in [0.5, 0.6) is 0 Å². The molecule has 26 heavy (non-hydrogen) atoms. The van der Waals surface area contributed by atoms with Crippen LogP contribution < -0.4 is 10.9 Å². The third-order valence-corrected chi connectivity index (χ3v) is 5.05. The van der Waals surface area contributed by atoms with E-state index in [9.17, 15) is 4.79 Å². The number of hydrogen-bond donors (Lipinski definition) is 2. The number of aryl methyl sites for hydroxylation is 2. The number of rotatable bonds is 4. The molecule has 0 atom stereocenters. The summed E-state index contributed by atoms with van der Waals surface area (Å²) in [5, 5.41) is 4.62. The van der Waals surface area contributed by atoms with Gasteiger partial charge in [0.2, 0.25) is 0 Å². The van der Waals surface area contributed by atoms with Gasteiger partial charge in [0.1, 0.15) is 0 Å². The molecule has 2 heterocycles. The van der Waals surface area contributed by atoms with E-state index in [2.05, 4.69) is 21.4 Å². The van der Waals surface area contributed by atoms with Gasteiger partial charge < -0.3 is 15.2 Å². The minimum atomic E-state index is -0.0821. The molecule has 0 fully saturated rings. The van der Waals surface area contributed by atoms with Gasteiger partial charge in [-0.2, -0.15) is 0 Å². The summed E-state index contributed by atoms with van der Waals surface area (Å²) in [4.78, 5) is 21.8. The van der Waals surface area contributed by atoms with Crippen LogP contribution in [0.4, 0.5) is 0 Å². The molecule has 6 heteroatoms. The average molecular weight is 366 g/mol. The highest BCUT2D eigenvalue weighted by molar-refractivity contribution is 7.80. The van der Waals surface area contributed by atoms with Crippen LogP contribution in [-0.2, 0) is 13.1 Å². The Morgan fingerprint density at radius 2 is 2.08 bits per heavy atom. The van der Waals surface area contributed by atoms with Gasteiger partial charge in [-0.15, -0.1) is 0 Å². The van der Waals surface area contributed by atoms with Crippen LogP contribution >= 0.6 is 12.2 Å². The number of pyridine rings is 2. The Bertz CT molecular complexity index is 998. The molecule has 3 rings (SSSR count). The molecule has 0 aliphatic carbocycles. The monoisotopic (exact) mass is 366 g/mol. The van der Waals surface area contributed by atoms with Gasteiger partial charge in [0, 0.05) is 31.5 Å². The molecule has 2 aromatic heterocycles. The van der Waals surface area contributed by atoms with Gasteiger partial charge in [-0.3, -0.25) is 9.78 Å². The number of fused-ring (bicyclic) bond motifs is 1. The van der Waals surface area contributed by atoms with Gasteiger partial charge in [-0.25, -0.2) is 0 Å². The fraction of sp³-hybridized carbons (Fsp3) is 0.250. The van der Waals surface area contributed by atoms with Gasteiger partial charge in [-0.05, 0) is 60.3 Å². The van der Waals surface area contributed by atoms with Crippen molar-refractivity contribution < 1.29 is 0 Å². The number of benzene rings is 1. The van der Waals surface area contributed by atoms with Crippen LogP contribution in [0.2, 0.25) is 0 Å². The van der Waals surface area contributed by atoms with Crippen molar-refractivity contribution in [3.05, 3.63) is 75.3 Å². The Balaban J connectivity index is 1.96. The zero-order valence-corrected chi connectivity index (χ0v) is 16.0. The van der Waals surface area contributed by atoms with Gasteiger partial charge in [0.25, 0.3) is 5.56 Å². The lowest BCUT2D eigenvalue weighted by atomic mass is 10.0. The van der Waals surface area contributed by atoms with Crippen LogP contribution in [0.3, 0.4) is 0 Å². The molecule has 134 valence electrons. The summed E-state index contributed by atoms with van der Waals surface area (Å²) in [6, 6.07) is 9.96. The Morgan fingerprint density at radius 1 is 1.27 bits per heavy atom. The molecule has 1 aromatic carbocycles. The second kappa shape index (κ2) is 7.66. The molecule has 0 aliphatic rings. The van der Waals surface area contributed by atoms with E-state index in [4.69, 9.17) is 12.2 Å². The number of H-pyrrole nitrogens is 1. The minimum Gasteiger partial charge on any atom is -0.366 e. The number of aromatic amines is 1. The number of nitrogens with one attached hydrogen (secondary N) is 2. The van der Waals surface area contributed by atoms with Crippen molar-refractivity contribution >= 4 is 28.2 Å². The lowest BCUT2D eigenvalue weighted by Gasteiger charge is -2.25. The highest BCUT2D eigenvalue weighted by atomic mass is 32.1. The lowest BCUT2D eigenvalue weighted by molar-refractivity contribution is 0.400. The van der Waals surface area contributed by atoms with E-state index in [1.807, 2.05) is 49.2 Å². The quantitative estimate of drug-likeness (QED) is 0.695. The predicted octanol–water partition coefficient (Wildman–Crippen LogP) is 3.05. The summed E-state index contributed by atoms with van der Waals surface area (Å²) in [5.74, 6) is 0. The largest absolute Gasteiger partial charge is 0.366 e. The van der Waals surface area contributed by atoms with Crippen molar-refractivity contribution in [1.82, 2.24) is 20.2 Å². The Hall–Kier alpha value is -2.73. The molecule has 0 saturated heterocycles. The standard InChI is InChI=1S/C20H22N4OS/c1-13-6-7-16-9-17(19(25)23-18(16)14(13)2)12-24(20(26)21-3)11-15-5-4-8-22-10-15/h4-10H,11-12H2,1-3H3,(H,21,26)(H,23,25). The van der Waals surface area contributed by atoms with E-state index in [1.165, 1.54) is 0 Å². The first-order valence-electron chi connectivity index (χ1n) is 8.47. The molecule has 0 bridgehead atoms. The molecule has 0 unspecified atom stereocenters. The zero-order valence-electron chi connectivity index (χ0n) is 15.2. The van der Waals surface area contributed by atoms with Crippen molar-refractivity contribution in [3.8, 4) is 0 Å². The van der Waals surface area contributed by atoms with Gasteiger partial charge in [0.15, 0.2) is 5.11 Å². The first-order chi connectivity index (χ1) is 12.5. The Morgan fingerprint density at radius 3 is 2.77 bits per heavy atom. The predicted molar refractivity (Wildman–Crippen MR) is 109 cm³/mol. The molecule has 0 radical (unpaired) electrons. The van der Waals surface area contributed by atoms with Crippen molar-refractivity contribution in [2.24, 2.45) is 0 Å². The number of thiocarbonyl (C=S) groups is 1. The van der Waals surface area contributed by atoms with Gasteiger partial charge >= 0.3 is 0 Å². The molecule has 0 spiro atoms. The summed E-state index contributed by atoms with van der Waals surface area (Å²) in [5.41, 5.74) is 4.80. The summed E-state index contributed by atoms with van der Waals surface area (Å²) in [6.45, 7) is 5.07. The molecule has 3 aromatic rings. The maximum atomic E-state index is 12.6. The number of hydrogen-bond acceptors (Lipinski definition) is 3. The smallest absolute Gasteiger partial charge is 0.253 e. The van der Waals surface area contributed by atoms with Crippen molar-refractivity contribution in [2.45, 2.75) is 26.9 Å². The molecule has 0 aliphatic heterocycles. The van der Waals surface area contributed by atoms with Crippen LogP contribution in [0.15, 0.2) is 47.5 Å². The highest BCUT2D eigenvalue weighted by Crippen LogP contribution is 2.19. The third-order valence-electron chi connectivity index (χ3n) is 4.59. The van der Waals surface area contributed by atoms with Crippen molar-refractivity contribution in [1.29, 1.82) is 0 Å². The number of nitrogens with zero attached hydrogens (tertiary/aromatic N) is 2. The van der Waals surface area contributed by atoms with Gasteiger partial charge in [-0.1, -0.05) is 18.2 Å². The van der Waals surface area contributed by atoms with E-state index in [0.29, 0.717) is 23.8 Å². The maximum Gasteiger partial charge on any atom is 0.253 e. The van der Waals surface area contributed by atoms with Crippen LogP contribution in [0.1, 0.15) is 22.3 Å². The Kier molecular flexibility index (Phi) is 5.32. The molecular weight excluding hydrogens is 344 g/mol. The molecular formula is C20H22N4OS. The summed E-state index contributed by atoms with van der Waals surface area (Å²) >= 11 is 5.43. The normalized spacial score (nSPS) is 10.7.